The van der Waals surface area contributed by atoms with Gasteiger partial charge in [0.1, 0.15) is 17.8 Å². The van der Waals surface area contributed by atoms with E-state index in [1.54, 1.807) is 37.4 Å². The molecule has 0 unspecified atom stereocenters. The number of ether oxygens (including phenoxy) is 1. The summed E-state index contributed by atoms with van der Waals surface area (Å²) in [6.45, 7) is 7.30. The number of fused-ring (bicyclic) bond motifs is 2. The van der Waals surface area contributed by atoms with E-state index in [0.717, 1.165) is 23.0 Å². The van der Waals surface area contributed by atoms with Crippen molar-refractivity contribution in [3.63, 3.8) is 0 Å². The zero-order valence-corrected chi connectivity index (χ0v) is 19.5. The van der Waals surface area contributed by atoms with Crippen LogP contribution in [0, 0.1) is 0 Å². The third-order valence-corrected chi connectivity index (χ3v) is 6.20. The molecule has 1 saturated carbocycles. The number of carbonyl (C=O) groups is 3. The smallest absolute Gasteiger partial charge is 0.272 e. The van der Waals surface area contributed by atoms with Crippen LogP contribution in [0.2, 0.25) is 0 Å². The van der Waals surface area contributed by atoms with E-state index >= 15 is 0 Å². The Kier molecular flexibility index (Phi) is 5.63. The fourth-order valence-electron chi connectivity index (χ4n) is 4.03. The highest BCUT2D eigenvalue weighted by molar-refractivity contribution is 6.15. The number of rotatable bonds is 6. The van der Waals surface area contributed by atoms with E-state index in [-0.39, 0.29) is 41.2 Å². The van der Waals surface area contributed by atoms with Crippen molar-refractivity contribution in [1.82, 2.24) is 19.8 Å². The molecular weight excluding hydrogens is 462 g/mol. The van der Waals surface area contributed by atoms with Crippen LogP contribution in [0.1, 0.15) is 12.8 Å². The molecule has 5 rings (SSSR count). The van der Waals surface area contributed by atoms with E-state index in [9.17, 15) is 19.2 Å². The molecule has 0 atom stereocenters. The monoisotopic (exact) mass is 485 g/mol. The summed E-state index contributed by atoms with van der Waals surface area (Å²) in [4.78, 5) is 55.9. The van der Waals surface area contributed by atoms with Crippen LogP contribution in [-0.2, 0) is 14.4 Å². The minimum absolute atomic E-state index is 0.0754. The molecule has 3 aromatic rings. The van der Waals surface area contributed by atoms with Crippen molar-refractivity contribution in [2.45, 2.75) is 18.9 Å². The lowest BCUT2D eigenvalue weighted by molar-refractivity contribution is -0.128. The highest BCUT2D eigenvalue weighted by atomic mass is 16.5. The first kappa shape index (κ1) is 23.0. The van der Waals surface area contributed by atoms with Crippen LogP contribution in [0.25, 0.3) is 27.7 Å². The number of nitrogens with zero attached hydrogens (tertiary/aromatic N) is 3. The molecule has 1 aliphatic carbocycles. The molecule has 2 heterocycles. The fourth-order valence-corrected chi connectivity index (χ4v) is 4.03. The predicted octanol–water partition coefficient (Wildman–Crippen LogP) is 2.12. The van der Waals surface area contributed by atoms with Crippen LogP contribution in [-0.4, -0.2) is 51.9 Å². The van der Waals surface area contributed by atoms with Crippen LogP contribution in [0.5, 0.6) is 5.75 Å². The number of carbonyl (C=O) groups excluding carboxylic acids is 3. The molecule has 3 amide bonds. The second-order valence-corrected chi connectivity index (χ2v) is 8.70. The maximum atomic E-state index is 13.3. The lowest BCUT2D eigenvalue weighted by Gasteiger charge is -2.19. The largest absolute Gasteiger partial charge is 0.482 e. The molecule has 0 saturated heterocycles. The molecule has 0 spiro atoms. The van der Waals surface area contributed by atoms with Gasteiger partial charge in [0.25, 0.3) is 23.3 Å². The van der Waals surface area contributed by atoms with Gasteiger partial charge in [-0.05, 0) is 36.6 Å². The Morgan fingerprint density at radius 1 is 1.19 bits per heavy atom. The van der Waals surface area contributed by atoms with Crippen LogP contribution in [0.4, 0.5) is 5.69 Å². The van der Waals surface area contributed by atoms with Gasteiger partial charge in [-0.1, -0.05) is 31.4 Å². The van der Waals surface area contributed by atoms with Crippen molar-refractivity contribution in [1.29, 1.82) is 0 Å². The predicted molar refractivity (Wildman–Crippen MR) is 134 cm³/mol. The lowest BCUT2D eigenvalue weighted by atomic mass is 10.0. The molecule has 2 aromatic carbocycles. The highest BCUT2D eigenvalue weighted by Crippen LogP contribution is 2.34. The van der Waals surface area contributed by atoms with Crippen molar-refractivity contribution < 1.29 is 19.1 Å². The van der Waals surface area contributed by atoms with E-state index in [1.165, 1.54) is 11.2 Å². The Hall–Kier alpha value is -4.73. The van der Waals surface area contributed by atoms with Crippen LogP contribution in [0.3, 0.4) is 0 Å². The highest BCUT2D eigenvalue weighted by Gasteiger charge is 2.31. The zero-order valence-electron chi connectivity index (χ0n) is 19.5. The Morgan fingerprint density at radius 2 is 1.97 bits per heavy atom. The van der Waals surface area contributed by atoms with Gasteiger partial charge < -0.3 is 20.3 Å². The Bertz CT molecular complexity index is 1540. The number of aromatic nitrogens is 2. The standard InChI is InChI=1S/C26H23N5O5/c1-14(25(34)30(3)17-8-9-17)28-24(33)15(2)31-13-27-23-18(5-4-6-19(23)26(31)35)16-7-10-20-21(11-16)36-12-22(32)29-20/h4-7,10-11,13,17H,1-2,8-9,12H2,3H3,(H,28,33)(H,29,32). The summed E-state index contributed by atoms with van der Waals surface area (Å²) in [6.07, 6.45) is 3.07. The van der Waals surface area contributed by atoms with E-state index in [0.29, 0.717) is 22.5 Å². The maximum Gasteiger partial charge on any atom is 0.272 e. The third kappa shape index (κ3) is 4.13. The summed E-state index contributed by atoms with van der Waals surface area (Å²) in [5.41, 5.74) is 1.64. The Morgan fingerprint density at radius 3 is 2.72 bits per heavy atom. The fraction of sp³-hybridized carbons (Fsp3) is 0.192. The van der Waals surface area contributed by atoms with Gasteiger partial charge in [0, 0.05) is 18.7 Å². The Balaban J connectivity index is 1.42. The van der Waals surface area contributed by atoms with Crippen LogP contribution in [0.15, 0.2) is 66.4 Å². The van der Waals surface area contributed by atoms with E-state index < -0.39 is 11.5 Å². The lowest BCUT2D eigenvalue weighted by Crippen LogP contribution is -2.38. The molecule has 10 nitrogen and oxygen atoms in total. The van der Waals surface area contributed by atoms with Gasteiger partial charge in [-0.2, -0.15) is 0 Å². The number of nitrogens with one attached hydrogen (secondary N) is 2. The van der Waals surface area contributed by atoms with Gasteiger partial charge in [0.05, 0.1) is 22.3 Å². The minimum atomic E-state index is -0.731. The summed E-state index contributed by atoms with van der Waals surface area (Å²) in [5.74, 6) is -0.828. The summed E-state index contributed by atoms with van der Waals surface area (Å²) in [5, 5.41) is 5.45. The van der Waals surface area contributed by atoms with Crippen molar-refractivity contribution in [2.75, 3.05) is 19.0 Å². The first-order chi connectivity index (χ1) is 17.2. The third-order valence-electron chi connectivity index (χ3n) is 6.20. The number of para-hydroxylation sites is 1. The molecule has 0 bridgehead atoms. The van der Waals surface area contributed by atoms with Gasteiger partial charge >= 0.3 is 0 Å². The average Bonchev–Trinajstić information content (AvgIpc) is 3.72. The van der Waals surface area contributed by atoms with Crippen molar-refractivity contribution in [2.24, 2.45) is 0 Å². The van der Waals surface area contributed by atoms with E-state index in [1.807, 2.05) is 6.07 Å². The molecule has 1 aliphatic heterocycles. The second-order valence-electron chi connectivity index (χ2n) is 8.70. The maximum absolute atomic E-state index is 13.3. The Labute approximate surface area is 205 Å². The average molecular weight is 486 g/mol. The molecule has 10 heteroatoms. The SMILES string of the molecule is C=C(NC(=O)C(=C)n1cnc2c(-c3ccc4c(c3)OCC(=O)N4)cccc2c1=O)C(=O)N(C)C1CC1. The molecule has 0 radical (unpaired) electrons. The van der Waals surface area contributed by atoms with Crippen molar-refractivity contribution in [3.8, 4) is 16.9 Å². The first-order valence-corrected chi connectivity index (χ1v) is 11.3. The summed E-state index contributed by atoms with van der Waals surface area (Å²) < 4.78 is 6.54. The molecule has 2 N–H and O–H groups in total. The van der Waals surface area contributed by atoms with Gasteiger partial charge in [0.15, 0.2) is 6.61 Å². The first-order valence-electron chi connectivity index (χ1n) is 11.3. The minimum Gasteiger partial charge on any atom is -0.482 e. The number of hydrogen-bond acceptors (Lipinski definition) is 6. The number of benzene rings is 2. The zero-order chi connectivity index (χ0) is 25.6. The van der Waals surface area contributed by atoms with Crippen molar-refractivity contribution in [3.05, 3.63) is 71.9 Å². The van der Waals surface area contributed by atoms with Gasteiger partial charge in [-0.25, -0.2) is 4.98 Å². The van der Waals surface area contributed by atoms with E-state index in [4.69, 9.17) is 4.74 Å². The summed E-state index contributed by atoms with van der Waals surface area (Å²) in [7, 11) is 1.66. The van der Waals surface area contributed by atoms with Crippen LogP contribution < -0.4 is 20.9 Å². The quantitative estimate of drug-likeness (QED) is 0.516. The topological polar surface area (TPSA) is 123 Å². The second kappa shape index (κ2) is 8.81. The molecule has 36 heavy (non-hydrogen) atoms. The molecule has 1 fully saturated rings. The molecule has 1 aromatic heterocycles. The summed E-state index contributed by atoms with van der Waals surface area (Å²) >= 11 is 0. The van der Waals surface area contributed by atoms with E-state index in [2.05, 4.69) is 28.8 Å². The molecule has 2 aliphatic rings. The molecule has 182 valence electrons. The normalized spacial score (nSPS) is 14.3. The van der Waals surface area contributed by atoms with Crippen molar-refractivity contribution >= 4 is 40.0 Å². The van der Waals surface area contributed by atoms with Gasteiger partial charge in [-0.15, -0.1) is 0 Å². The number of likely N-dealkylation sites (N-methyl/N-ethyl adjacent to an activating group) is 1. The van der Waals surface area contributed by atoms with Crippen LogP contribution >= 0.6 is 0 Å². The number of anilines is 1. The van der Waals surface area contributed by atoms with Gasteiger partial charge in [0.2, 0.25) is 0 Å². The number of hydrogen-bond donors (Lipinski definition) is 2. The molecular formula is C26H23N5O5. The number of amides is 3. The summed E-state index contributed by atoms with van der Waals surface area (Å²) in [6, 6.07) is 10.6. The van der Waals surface area contributed by atoms with Gasteiger partial charge in [-0.3, -0.25) is 23.7 Å².